The van der Waals surface area contributed by atoms with Crippen LogP contribution in [0, 0.1) is 6.92 Å². The molecule has 0 aromatic heterocycles. The van der Waals surface area contributed by atoms with Crippen LogP contribution in [-0.4, -0.2) is 125 Å². The summed E-state index contributed by atoms with van der Waals surface area (Å²) in [6.07, 6.45) is 1.84. The molecule has 4 bridgehead atoms. The average molecular weight is 759 g/mol. The first-order valence-corrected chi connectivity index (χ1v) is 19.4. The lowest BCUT2D eigenvalue weighted by Crippen LogP contribution is -2.41. The standard InChI is InChI=1S/C42H58N6O7/c1-4-21-47-22-17-43-39(49)34-13-9-14-35(32(34)3)40(50)44-19-24-48(26-28-54-30-29-53-27-5-2)25-20-46-42(52)37-16-10-15-36(41(51)45-18-23-47)38(37)55-31-33-11-7-6-8-12-33/h6-16H,4-5,17-31H2,1-3H3,(H,43,49)(H,44,50)(H,45,51)(H,46,52). The normalized spacial score (nSPS) is 16.0. The number of carbonyl (C=O) groups is 4. The summed E-state index contributed by atoms with van der Waals surface area (Å²) < 4.78 is 17.6. The quantitative estimate of drug-likeness (QED) is 0.192. The van der Waals surface area contributed by atoms with Crippen molar-refractivity contribution in [2.75, 3.05) is 91.9 Å². The lowest BCUT2D eigenvalue weighted by atomic mass is 10.0. The van der Waals surface area contributed by atoms with Crippen LogP contribution in [0.15, 0.2) is 66.7 Å². The second-order valence-corrected chi connectivity index (χ2v) is 13.4. The van der Waals surface area contributed by atoms with Crippen molar-refractivity contribution in [3.8, 4) is 5.75 Å². The third kappa shape index (κ3) is 14.1. The molecule has 0 fully saturated rings. The summed E-state index contributed by atoms with van der Waals surface area (Å²) in [6.45, 7) is 13.0. The molecule has 55 heavy (non-hydrogen) atoms. The van der Waals surface area contributed by atoms with Gasteiger partial charge in [0.15, 0.2) is 0 Å². The van der Waals surface area contributed by atoms with E-state index in [9.17, 15) is 19.2 Å². The molecule has 298 valence electrons. The molecule has 13 nitrogen and oxygen atoms in total. The number of amides is 4. The summed E-state index contributed by atoms with van der Waals surface area (Å²) in [5.74, 6) is -1.02. The first kappa shape index (κ1) is 42.9. The maximum absolute atomic E-state index is 13.7. The molecule has 0 spiro atoms. The van der Waals surface area contributed by atoms with Gasteiger partial charge in [0.05, 0.1) is 30.9 Å². The van der Waals surface area contributed by atoms with E-state index in [2.05, 4.69) is 44.9 Å². The van der Waals surface area contributed by atoms with E-state index >= 15 is 0 Å². The van der Waals surface area contributed by atoms with Crippen LogP contribution in [0.25, 0.3) is 0 Å². The fraction of sp³-hybridized carbons (Fsp3) is 0.476. The summed E-state index contributed by atoms with van der Waals surface area (Å²) in [4.78, 5) is 58.3. The highest BCUT2D eigenvalue weighted by Gasteiger charge is 2.22. The number of fused-ring (bicyclic) bond motifs is 4. The number of para-hydroxylation sites is 1. The maximum Gasteiger partial charge on any atom is 0.255 e. The maximum atomic E-state index is 13.7. The zero-order chi connectivity index (χ0) is 39.3. The Labute approximate surface area is 325 Å². The molecule has 0 saturated heterocycles. The molecule has 1 aliphatic heterocycles. The first-order chi connectivity index (χ1) is 26.8. The molecular formula is C42H58N6O7. The predicted octanol–water partition coefficient (Wildman–Crippen LogP) is 3.66. The van der Waals surface area contributed by atoms with Gasteiger partial charge in [0.25, 0.3) is 23.6 Å². The van der Waals surface area contributed by atoms with Crippen LogP contribution < -0.4 is 26.0 Å². The van der Waals surface area contributed by atoms with Crippen molar-refractivity contribution in [1.82, 2.24) is 31.1 Å². The highest BCUT2D eigenvalue weighted by molar-refractivity contribution is 6.04. The SMILES string of the molecule is CCCOCCOCCN1CCNC(=O)c2cccc(c2C)C(=O)NCCN(CCC)CCNC(=O)c2cccc(c2OCc2ccccc2)C(=O)NCC1. The van der Waals surface area contributed by atoms with Gasteiger partial charge in [-0.3, -0.25) is 29.0 Å². The van der Waals surface area contributed by atoms with E-state index in [1.807, 2.05) is 30.3 Å². The van der Waals surface area contributed by atoms with Crippen molar-refractivity contribution >= 4 is 23.6 Å². The molecule has 1 aliphatic rings. The summed E-state index contributed by atoms with van der Waals surface area (Å²) in [7, 11) is 0. The Bertz CT molecular complexity index is 1670. The minimum Gasteiger partial charge on any atom is -0.487 e. The molecule has 0 aliphatic carbocycles. The molecule has 4 rings (SSSR count). The third-order valence-electron chi connectivity index (χ3n) is 9.22. The Morgan fingerprint density at radius 3 is 1.47 bits per heavy atom. The van der Waals surface area contributed by atoms with Crippen LogP contribution in [0.1, 0.15) is 79.2 Å². The third-order valence-corrected chi connectivity index (χ3v) is 9.22. The van der Waals surface area contributed by atoms with Crippen molar-refractivity contribution in [3.05, 3.63) is 100 Å². The van der Waals surface area contributed by atoms with Crippen LogP contribution in [0.2, 0.25) is 0 Å². The van der Waals surface area contributed by atoms with E-state index in [0.717, 1.165) is 24.9 Å². The number of benzene rings is 3. The summed E-state index contributed by atoms with van der Waals surface area (Å²) in [5, 5.41) is 12.0. The topological polar surface area (TPSA) is 151 Å². The lowest BCUT2D eigenvalue weighted by Gasteiger charge is -2.23. The number of ether oxygens (including phenoxy) is 3. The van der Waals surface area contributed by atoms with Crippen LogP contribution in [0.3, 0.4) is 0 Å². The molecule has 0 unspecified atom stereocenters. The number of nitrogens with zero attached hydrogens (tertiary/aromatic N) is 2. The Balaban J connectivity index is 1.55. The first-order valence-electron chi connectivity index (χ1n) is 19.4. The van der Waals surface area contributed by atoms with Crippen LogP contribution >= 0.6 is 0 Å². The Kier molecular flexibility index (Phi) is 18.6. The number of rotatable bonds is 13. The van der Waals surface area contributed by atoms with E-state index in [0.29, 0.717) is 102 Å². The number of hydrogen-bond acceptors (Lipinski definition) is 9. The summed E-state index contributed by atoms with van der Waals surface area (Å²) >= 11 is 0. The summed E-state index contributed by atoms with van der Waals surface area (Å²) in [5.41, 5.74) is 2.91. The van der Waals surface area contributed by atoms with Gasteiger partial charge in [-0.15, -0.1) is 0 Å². The van der Waals surface area contributed by atoms with Gasteiger partial charge in [-0.25, -0.2) is 0 Å². The van der Waals surface area contributed by atoms with Crippen molar-refractivity contribution in [3.63, 3.8) is 0 Å². The minimum atomic E-state index is -0.365. The number of nitrogens with one attached hydrogen (secondary N) is 4. The monoisotopic (exact) mass is 758 g/mol. The Hall–Kier alpha value is -4.82. The number of carbonyl (C=O) groups excluding carboxylic acids is 4. The highest BCUT2D eigenvalue weighted by Crippen LogP contribution is 2.26. The molecule has 3 aromatic rings. The van der Waals surface area contributed by atoms with Gasteiger partial charge in [-0.05, 0) is 61.7 Å². The van der Waals surface area contributed by atoms with Crippen molar-refractivity contribution in [2.45, 2.75) is 40.2 Å². The van der Waals surface area contributed by atoms with E-state index < -0.39 is 0 Å². The summed E-state index contributed by atoms with van der Waals surface area (Å²) in [6, 6.07) is 19.7. The average Bonchev–Trinajstić information content (AvgIpc) is 3.19. The molecular weight excluding hydrogens is 700 g/mol. The van der Waals surface area contributed by atoms with Gasteiger partial charge >= 0.3 is 0 Å². The van der Waals surface area contributed by atoms with Crippen molar-refractivity contribution in [1.29, 1.82) is 0 Å². The highest BCUT2D eigenvalue weighted by atomic mass is 16.5. The zero-order valence-corrected chi connectivity index (χ0v) is 32.6. The predicted molar refractivity (Wildman–Crippen MR) is 213 cm³/mol. The molecule has 1 heterocycles. The lowest BCUT2D eigenvalue weighted by molar-refractivity contribution is 0.0389. The Morgan fingerprint density at radius 1 is 0.527 bits per heavy atom. The van der Waals surface area contributed by atoms with E-state index in [1.165, 1.54) is 0 Å². The molecule has 4 amide bonds. The van der Waals surface area contributed by atoms with Gasteiger partial charge in [-0.2, -0.15) is 0 Å². The van der Waals surface area contributed by atoms with Crippen LogP contribution in [-0.2, 0) is 16.1 Å². The largest absolute Gasteiger partial charge is 0.487 e. The van der Waals surface area contributed by atoms with E-state index in [4.69, 9.17) is 14.2 Å². The fourth-order valence-electron chi connectivity index (χ4n) is 6.25. The second kappa shape index (κ2) is 23.9. The van der Waals surface area contributed by atoms with Crippen molar-refractivity contribution < 1.29 is 33.4 Å². The van der Waals surface area contributed by atoms with Gasteiger partial charge in [-0.1, -0.05) is 56.3 Å². The fourth-order valence-corrected chi connectivity index (χ4v) is 6.25. The molecule has 0 atom stereocenters. The zero-order valence-electron chi connectivity index (χ0n) is 32.6. The van der Waals surface area contributed by atoms with Gasteiger partial charge < -0.3 is 35.5 Å². The van der Waals surface area contributed by atoms with E-state index in [1.54, 1.807) is 43.3 Å². The van der Waals surface area contributed by atoms with Gasteiger partial charge in [0.2, 0.25) is 0 Å². The van der Waals surface area contributed by atoms with Crippen LogP contribution in [0.5, 0.6) is 5.75 Å². The molecule has 13 heteroatoms. The number of hydrogen-bond donors (Lipinski definition) is 4. The molecule has 0 radical (unpaired) electrons. The van der Waals surface area contributed by atoms with Crippen molar-refractivity contribution in [2.24, 2.45) is 0 Å². The molecule has 3 aromatic carbocycles. The van der Waals surface area contributed by atoms with Crippen LogP contribution in [0.4, 0.5) is 0 Å². The molecule has 0 saturated carbocycles. The van der Waals surface area contributed by atoms with Gasteiger partial charge in [0.1, 0.15) is 12.4 Å². The Morgan fingerprint density at radius 2 is 0.982 bits per heavy atom. The second-order valence-electron chi connectivity index (χ2n) is 13.4. The van der Waals surface area contributed by atoms with E-state index in [-0.39, 0.29) is 47.1 Å². The minimum absolute atomic E-state index is 0.174. The molecule has 4 N–H and O–H groups in total. The van der Waals surface area contributed by atoms with Gasteiger partial charge in [0, 0.05) is 76.6 Å². The smallest absolute Gasteiger partial charge is 0.255 e.